The quantitative estimate of drug-likeness (QED) is 0.845. The van der Waals surface area contributed by atoms with E-state index in [9.17, 15) is 8.42 Å². The number of nitrogens with zero attached hydrogens (tertiary/aromatic N) is 1. The predicted octanol–water partition coefficient (Wildman–Crippen LogP) is 3.46. The van der Waals surface area contributed by atoms with Crippen molar-refractivity contribution >= 4 is 15.7 Å². The van der Waals surface area contributed by atoms with Crippen LogP contribution in [0.15, 0.2) is 59.5 Å². The summed E-state index contributed by atoms with van der Waals surface area (Å²) in [6, 6.07) is 16.2. The summed E-state index contributed by atoms with van der Waals surface area (Å²) in [5.41, 5.74) is 1.90. The van der Waals surface area contributed by atoms with Crippen molar-refractivity contribution in [1.82, 2.24) is 0 Å². The molecular weight excluding hydrogens is 270 g/mol. The molecule has 20 heavy (non-hydrogen) atoms. The van der Waals surface area contributed by atoms with Crippen molar-refractivity contribution in [2.75, 3.05) is 10.8 Å². The second-order valence-electron chi connectivity index (χ2n) is 4.50. The second kappa shape index (κ2) is 6.09. The van der Waals surface area contributed by atoms with Gasteiger partial charge in [0.25, 0.3) is 10.0 Å². The molecule has 0 aliphatic heterocycles. The van der Waals surface area contributed by atoms with Gasteiger partial charge in [-0.25, -0.2) is 8.42 Å². The molecular formula is C16H19NO2S. The molecule has 3 nitrogen and oxygen atoms in total. The third-order valence-corrected chi connectivity index (χ3v) is 5.17. The van der Waals surface area contributed by atoms with Gasteiger partial charge < -0.3 is 0 Å². The molecule has 0 saturated carbocycles. The minimum atomic E-state index is -3.49. The molecule has 106 valence electrons. The molecule has 2 rings (SSSR count). The molecule has 0 bridgehead atoms. The average molecular weight is 289 g/mol. The van der Waals surface area contributed by atoms with E-state index in [0.717, 1.165) is 6.42 Å². The Morgan fingerprint density at radius 1 is 0.900 bits per heavy atom. The predicted molar refractivity (Wildman–Crippen MR) is 82.5 cm³/mol. The number of rotatable bonds is 5. The molecule has 0 N–H and O–H groups in total. The molecule has 0 aliphatic rings. The van der Waals surface area contributed by atoms with Crippen molar-refractivity contribution in [2.24, 2.45) is 0 Å². The highest BCUT2D eigenvalue weighted by Crippen LogP contribution is 2.23. The van der Waals surface area contributed by atoms with E-state index in [1.54, 1.807) is 24.3 Å². The van der Waals surface area contributed by atoms with Crippen LogP contribution in [0.1, 0.15) is 19.4 Å². The molecule has 4 heteroatoms. The molecule has 0 atom stereocenters. The zero-order valence-electron chi connectivity index (χ0n) is 11.8. The van der Waals surface area contributed by atoms with Gasteiger partial charge in [-0.15, -0.1) is 0 Å². The number of benzene rings is 2. The molecule has 0 saturated heterocycles. The van der Waals surface area contributed by atoms with Gasteiger partial charge in [0.2, 0.25) is 0 Å². The van der Waals surface area contributed by atoms with Crippen LogP contribution in [0.5, 0.6) is 0 Å². The minimum absolute atomic E-state index is 0.321. The molecule has 0 heterocycles. The molecule has 0 spiro atoms. The van der Waals surface area contributed by atoms with Crippen LogP contribution < -0.4 is 4.31 Å². The van der Waals surface area contributed by atoms with Gasteiger partial charge in [0.05, 0.1) is 10.6 Å². The molecule has 0 amide bonds. The van der Waals surface area contributed by atoms with Crippen LogP contribution in [0.4, 0.5) is 5.69 Å². The first-order valence-corrected chi connectivity index (χ1v) is 8.20. The lowest BCUT2D eigenvalue weighted by Gasteiger charge is -2.23. The van der Waals surface area contributed by atoms with Crippen LogP contribution in [-0.2, 0) is 16.4 Å². The normalized spacial score (nSPS) is 11.3. The first kappa shape index (κ1) is 14.6. The zero-order chi connectivity index (χ0) is 14.6. The molecule has 2 aromatic rings. The fourth-order valence-corrected chi connectivity index (χ4v) is 3.60. The fraction of sp³-hybridized carbons (Fsp3) is 0.250. The maximum Gasteiger partial charge on any atom is 0.264 e. The Bertz CT molecular complexity index is 649. The Morgan fingerprint density at radius 3 is 2.00 bits per heavy atom. The molecule has 2 aromatic carbocycles. The highest BCUT2D eigenvalue weighted by atomic mass is 32.2. The monoisotopic (exact) mass is 289 g/mol. The summed E-state index contributed by atoms with van der Waals surface area (Å²) >= 11 is 0. The molecule has 0 radical (unpaired) electrons. The van der Waals surface area contributed by atoms with E-state index in [4.69, 9.17) is 0 Å². The smallest absolute Gasteiger partial charge is 0.264 e. The van der Waals surface area contributed by atoms with Gasteiger partial charge in [0.1, 0.15) is 0 Å². The van der Waals surface area contributed by atoms with Crippen molar-refractivity contribution < 1.29 is 8.42 Å². The average Bonchev–Trinajstić information content (AvgIpc) is 2.49. The van der Waals surface area contributed by atoms with Crippen LogP contribution in [0.3, 0.4) is 0 Å². The van der Waals surface area contributed by atoms with Gasteiger partial charge in [0.15, 0.2) is 0 Å². The summed E-state index contributed by atoms with van der Waals surface area (Å²) in [5, 5.41) is 0. The maximum absolute atomic E-state index is 12.6. The van der Waals surface area contributed by atoms with Crippen molar-refractivity contribution in [3.05, 3.63) is 60.2 Å². The van der Waals surface area contributed by atoms with Crippen molar-refractivity contribution in [1.29, 1.82) is 0 Å². The summed E-state index contributed by atoms with van der Waals surface area (Å²) in [7, 11) is -3.49. The Labute approximate surface area is 120 Å². The third-order valence-electron chi connectivity index (χ3n) is 3.25. The topological polar surface area (TPSA) is 37.4 Å². The molecule has 0 fully saturated rings. The number of hydrogen-bond donors (Lipinski definition) is 0. The zero-order valence-corrected chi connectivity index (χ0v) is 12.6. The van der Waals surface area contributed by atoms with E-state index in [-0.39, 0.29) is 0 Å². The molecule has 0 unspecified atom stereocenters. The highest BCUT2D eigenvalue weighted by molar-refractivity contribution is 7.92. The second-order valence-corrected chi connectivity index (χ2v) is 6.37. The fourth-order valence-electron chi connectivity index (χ4n) is 2.11. The summed E-state index contributed by atoms with van der Waals surface area (Å²) in [4.78, 5) is 0.321. The van der Waals surface area contributed by atoms with Crippen LogP contribution in [0.25, 0.3) is 0 Å². The Morgan fingerprint density at radius 2 is 1.50 bits per heavy atom. The summed E-state index contributed by atoms with van der Waals surface area (Å²) in [6.07, 6.45) is 0.942. The third kappa shape index (κ3) is 2.85. The molecule has 0 aliphatic carbocycles. The standard InChI is InChI=1S/C16H19NO2S/c1-3-14-10-12-15(13-11-14)17(4-2)20(18,19)16-8-6-5-7-9-16/h5-13H,3-4H2,1-2H3. The lowest BCUT2D eigenvalue weighted by atomic mass is 10.1. The van der Waals surface area contributed by atoms with Gasteiger partial charge in [-0.3, -0.25) is 4.31 Å². The number of aryl methyl sites for hydroxylation is 1. The van der Waals surface area contributed by atoms with Crippen LogP contribution in [0.2, 0.25) is 0 Å². The van der Waals surface area contributed by atoms with Crippen LogP contribution in [-0.4, -0.2) is 15.0 Å². The van der Waals surface area contributed by atoms with Gasteiger partial charge in [0, 0.05) is 6.54 Å². The number of anilines is 1. The van der Waals surface area contributed by atoms with Gasteiger partial charge in [-0.1, -0.05) is 37.3 Å². The van der Waals surface area contributed by atoms with Crippen LogP contribution in [0, 0.1) is 0 Å². The number of sulfonamides is 1. The Kier molecular flexibility index (Phi) is 4.45. The van der Waals surface area contributed by atoms with Crippen molar-refractivity contribution in [2.45, 2.75) is 25.2 Å². The maximum atomic E-state index is 12.6. The lowest BCUT2D eigenvalue weighted by Crippen LogP contribution is -2.30. The van der Waals surface area contributed by atoms with E-state index in [1.807, 2.05) is 37.3 Å². The Balaban J connectivity index is 2.41. The first-order valence-electron chi connectivity index (χ1n) is 6.76. The number of hydrogen-bond acceptors (Lipinski definition) is 2. The summed E-state index contributed by atoms with van der Waals surface area (Å²) in [6.45, 7) is 4.32. The van der Waals surface area contributed by atoms with E-state index in [2.05, 4.69) is 6.92 Å². The van der Waals surface area contributed by atoms with E-state index >= 15 is 0 Å². The SMILES string of the molecule is CCc1ccc(N(CC)S(=O)(=O)c2ccccc2)cc1. The largest absolute Gasteiger partial charge is 0.267 e. The van der Waals surface area contributed by atoms with E-state index < -0.39 is 10.0 Å². The van der Waals surface area contributed by atoms with E-state index in [0.29, 0.717) is 17.1 Å². The van der Waals surface area contributed by atoms with E-state index in [1.165, 1.54) is 9.87 Å². The lowest BCUT2D eigenvalue weighted by molar-refractivity contribution is 0.592. The summed E-state index contributed by atoms with van der Waals surface area (Å²) in [5.74, 6) is 0. The van der Waals surface area contributed by atoms with Crippen molar-refractivity contribution in [3.8, 4) is 0 Å². The van der Waals surface area contributed by atoms with Crippen molar-refractivity contribution in [3.63, 3.8) is 0 Å². The Hall–Kier alpha value is -1.81. The first-order chi connectivity index (χ1) is 9.59. The summed E-state index contributed by atoms with van der Waals surface area (Å²) < 4.78 is 26.7. The minimum Gasteiger partial charge on any atom is -0.267 e. The molecule has 0 aromatic heterocycles. The highest BCUT2D eigenvalue weighted by Gasteiger charge is 2.22. The van der Waals surface area contributed by atoms with Gasteiger partial charge in [-0.05, 0) is 43.2 Å². The van der Waals surface area contributed by atoms with Crippen LogP contribution >= 0.6 is 0 Å². The van der Waals surface area contributed by atoms with Gasteiger partial charge >= 0.3 is 0 Å². The van der Waals surface area contributed by atoms with Gasteiger partial charge in [-0.2, -0.15) is 0 Å².